The zero-order valence-corrected chi connectivity index (χ0v) is 13.4. The highest BCUT2D eigenvalue weighted by atomic mass is 16.7. The zero-order valence-electron chi connectivity index (χ0n) is 13.4. The summed E-state index contributed by atoms with van der Waals surface area (Å²) in [5.74, 6) is 0. The smallest absolute Gasteiger partial charge is 0.160 e. The third kappa shape index (κ3) is 5.59. The fourth-order valence-corrected chi connectivity index (χ4v) is 2.68. The SMILES string of the molecule is CC1CC(O)C(O)C(COC2CC(O)C(O)C(CO)O2)O1.CO. The van der Waals surface area contributed by atoms with E-state index in [0.29, 0.717) is 6.42 Å². The topological polar surface area (TPSA) is 149 Å². The summed E-state index contributed by atoms with van der Waals surface area (Å²) in [4.78, 5) is 0. The van der Waals surface area contributed by atoms with Crippen LogP contribution in [0.5, 0.6) is 0 Å². The van der Waals surface area contributed by atoms with Crippen molar-refractivity contribution in [2.75, 3.05) is 20.3 Å². The van der Waals surface area contributed by atoms with Crippen molar-refractivity contribution in [3.05, 3.63) is 0 Å². The van der Waals surface area contributed by atoms with Crippen LogP contribution in [0.2, 0.25) is 0 Å². The average Bonchev–Trinajstić information content (AvgIpc) is 2.54. The highest BCUT2D eigenvalue weighted by molar-refractivity contribution is 4.85. The monoisotopic (exact) mass is 340 g/mol. The fourth-order valence-electron chi connectivity index (χ4n) is 2.68. The highest BCUT2D eigenvalue weighted by Gasteiger charge is 2.39. The molecule has 0 bridgehead atoms. The van der Waals surface area contributed by atoms with E-state index < -0.39 is 49.5 Å². The van der Waals surface area contributed by atoms with Gasteiger partial charge in [0.25, 0.3) is 0 Å². The van der Waals surface area contributed by atoms with Gasteiger partial charge in [-0.25, -0.2) is 0 Å². The van der Waals surface area contributed by atoms with Gasteiger partial charge in [0.2, 0.25) is 0 Å². The van der Waals surface area contributed by atoms with Crippen molar-refractivity contribution in [1.82, 2.24) is 0 Å². The van der Waals surface area contributed by atoms with E-state index in [4.69, 9.17) is 24.4 Å². The summed E-state index contributed by atoms with van der Waals surface area (Å²) in [7, 11) is 1.00. The Morgan fingerprint density at radius 1 is 0.913 bits per heavy atom. The van der Waals surface area contributed by atoms with Crippen molar-refractivity contribution in [3.8, 4) is 0 Å². The van der Waals surface area contributed by atoms with Crippen molar-refractivity contribution >= 4 is 0 Å². The van der Waals surface area contributed by atoms with Crippen LogP contribution in [0, 0.1) is 0 Å². The lowest BCUT2D eigenvalue weighted by molar-refractivity contribution is -0.272. The van der Waals surface area contributed by atoms with Crippen molar-refractivity contribution in [3.63, 3.8) is 0 Å². The molecule has 2 heterocycles. The Balaban J connectivity index is 0.00000127. The lowest BCUT2D eigenvalue weighted by Crippen LogP contribution is -2.53. The summed E-state index contributed by atoms with van der Waals surface area (Å²) in [6.07, 6.45) is -6.33. The molecule has 0 aromatic rings. The van der Waals surface area contributed by atoms with Crippen molar-refractivity contribution in [2.24, 2.45) is 0 Å². The quantitative estimate of drug-likeness (QED) is 0.322. The second-order valence-electron chi connectivity index (χ2n) is 5.69. The maximum atomic E-state index is 9.85. The summed E-state index contributed by atoms with van der Waals surface area (Å²) in [5, 5.41) is 54.9. The van der Waals surface area contributed by atoms with E-state index in [1.807, 2.05) is 0 Å². The van der Waals surface area contributed by atoms with Gasteiger partial charge in [0, 0.05) is 20.0 Å². The molecule has 23 heavy (non-hydrogen) atoms. The third-order valence-corrected chi connectivity index (χ3v) is 3.92. The van der Waals surface area contributed by atoms with E-state index in [2.05, 4.69) is 0 Å². The molecular weight excluding hydrogens is 312 g/mol. The molecule has 0 aliphatic carbocycles. The number of hydrogen-bond donors (Lipinski definition) is 6. The Labute approximate surface area is 135 Å². The fraction of sp³-hybridized carbons (Fsp3) is 1.00. The first-order valence-corrected chi connectivity index (χ1v) is 7.62. The molecule has 2 aliphatic rings. The van der Waals surface area contributed by atoms with Crippen LogP contribution in [-0.2, 0) is 14.2 Å². The van der Waals surface area contributed by atoms with Crippen LogP contribution in [0.1, 0.15) is 19.8 Å². The predicted molar refractivity (Wildman–Crippen MR) is 77.4 cm³/mol. The number of hydrogen-bond acceptors (Lipinski definition) is 9. The largest absolute Gasteiger partial charge is 0.400 e. The number of aliphatic hydroxyl groups is 6. The van der Waals surface area contributed by atoms with Crippen molar-refractivity contribution < 1.29 is 44.8 Å². The predicted octanol–water partition coefficient (Wildman–Crippen LogP) is -2.66. The molecule has 2 rings (SSSR count). The molecule has 9 nitrogen and oxygen atoms in total. The molecule has 0 aromatic carbocycles. The first kappa shape index (κ1) is 20.7. The highest BCUT2D eigenvalue weighted by Crippen LogP contribution is 2.24. The van der Waals surface area contributed by atoms with Crippen LogP contribution in [-0.4, -0.2) is 100.0 Å². The Morgan fingerprint density at radius 3 is 2.09 bits per heavy atom. The van der Waals surface area contributed by atoms with Gasteiger partial charge in [-0.2, -0.15) is 0 Å². The van der Waals surface area contributed by atoms with Crippen molar-refractivity contribution in [1.29, 1.82) is 0 Å². The first-order chi connectivity index (χ1) is 10.9. The normalized spacial score (nSPS) is 44.3. The zero-order chi connectivity index (χ0) is 17.6. The molecule has 138 valence electrons. The molecule has 0 amide bonds. The maximum Gasteiger partial charge on any atom is 0.160 e. The van der Waals surface area contributed by atoms with Gasteiger partial charge in [-0.15, -0.1) is 0 Å². The van der Waals surface area contributed by atoms with Gasteiger partial charge in [-0.1, -0.05) is 0 Å². The van der Waals surface area contributed by atoms with Gasteiger partial charge in [0.1, 0.15) is 24.4 Å². The van der Waals surface area contributed by atoms with E-state index in [0.717, 1.165) is 7.11 Å². The van der Waals surface area contributed by atoms with Crippen molar-refractivity contribution in [2.45, 2.75) is 68.8 Å². The summed E-state index contributed by atoms with van der Waals surface area (Å²) in [5.41, 5.74) is 0. The Kier molecular flexibility index (Phi) is 8.83. The lowest BCUT2D eigenvalue weighted by atomic mass is 9.99. The maximum absolute atomic E-state index is 9.85. The van der Waals surface area contributed by atoms with E-state index >= 15 is 0 Å². The molecule has 2 saturated heterocycles. The summed E-state index contributed by atoms with van der Waals surface area (Å²) >= 11 is 0. The van der Waals surface area contributed by atoms with Crippen LogP contribution in [0.4, 0.5) is 0 Å². The molecule has 6 N–H and O–H groups in total. The molecule has 8 unspecified atom stereocenters. The molecule has 2 aliphatic heterocycles. The third-order valence-electron chi connectivity index (χ3n) is 3.92. The molecule has 9 heteroatoms. The standard InChI is InChI=1S/C13H24O8.CH4O/c1-6-2-7(15)13(18)10(20-6)5-19-11-3-8(16)12(17)9(4-14)21-11;1-2/h6-18H,2-5H2,1H3;2H,1H3. The van der Waals surface area contributed by atoms with Crippen LogP contribution in [0.15, 0.2) is 0 Å². The lowest BCUT2D eigenvalue weighted by Gasteiger charge is -2.39. The first-order valence-electron chi connectivity index (χ1n) is 7.62. The van der Waals surface area contributed by atoms with E-state index in [-0.39, 0.29) is 19.1 Å². The second-order valence-corrected chi connectivity index (χ2v) is 5.69. The van der Waals surface area contributed by atoms with Crippen LogP contribution >= 0.6 is 0 Å². The van der Waals surface area contributed by atoms with E-state index in [1.54, 1.807) is 6.92 Å². The van der Waals surface area contributed by atoms with Gasteiger partial charge in [0.15, 0.2) is 6.29 Å². The minimum absolute atomic E-state index is 0.0196. The molecule has 0 radical (unpaired) electrons. The Bertz CT molecular complexity index is 329. The van der Waals surface area contributed by atoms with Gasteiger partial charge in [0.05, 0.1) is 31.5 Å². The molecule has 0 saturated carbocycles. The molecule has 2 fully saturated rings. The number of ether oxygens (including phenoxy) is 3. The molecule has 8 atom stereocenters. The van der Waals surface area contributed by atoms with E-state index in [9.17, 15) is 20.4 Å². The summed E-state index contributed by atoms with van der Waals surface area (Å²) < 4.78 is 16.3. The summed E-state index contributed by atoms with van der Waals surface area (Å²) in [6, 6.07) is 0. The van der Waals surface area contributed by atoms with Crippen LogP contribution < -0.4 is 0 Å². The Morgan fingerprint density at radius 2 is 1.48 bits per heavy atom. The minimum Gasteiger partial charge on any atom is -0.400 e. The summed E-state index contributed by atoms with van der Waals surface area (Å²) in [6.45, 7) is 1.34. The van der Waals surface area contributed by atoms with E-state index in [1.165, 1.54) is 0 Å². The average molecular weight is 340 g/mol. The van der Waals surface area contributed by atoms with Crippen LogP contribution in [0.3, 0.4) is 0 Å². The molecular formula is C14H28O9. The number of aliphatic hydroxyl groups excluding tert-OH is 6. The van der Waals surface area contributed by atoms with Crippen LogP contribution in [0.25, 0.3) is 0 Å². The Hall–Kier alpha value is -0.360. The van der Waals surface area contributed by atoms with Gasteiger partial charge >= 0.3 is 0 Å². The molecule has 0 spiro atoms. The number of rotatable bonds is 4. The molecule has 0 aromatic heterocycles. The second kappa shape index (κ2) is 9.82. The minimum atomic E-state index is -1.16. The van der Waals surface area contributed by atoms with Gasteiger partial charge in [-0.3, -0.25) is 0 Å². The van der Waals surface area contributed by atoms with Gasteiger partial charge in [-0.05, 0) is 6.92 Å². The van der Waals surface area contributed by atoms with Gasteiger partial charge < -0.3 is 44.8 Å².